The molecule has 0 bridgehead atoms. The fraction of sp³-hybridized carbons (Fsp3) is 0.667. The number of anilines is 1. The third-order valence-electron chi connectivity index (χ3n) is 6.67. The fourth-order valence-corrected chi connectivity index (χ4v) is 5.23. The van der Waals surface area contributed by atoms with Crippen molar-refractivity contribution < 1.29 is 14.3 Å². The minimum Gasteiger partial charge on any atom is -0.370 e. The van der Waals surface area contributed by atoms with Crippen LogP contribution in [0.5, 0.6) is 0 Å². The molecule has 5 nitrogen and oxygen atoms in total. The first-order valence-corrected chi connectivity index (χ1v) is 11.4. The highest BCUT2D eigenvalue weighted by molar-refractivity contribution is 5.95. The largest absolute Gasteiger partial charge is 0.370 e. The monoisotopic (exact) mass is 398 g/mol. The van der Waals surface area contributed by atoms with Crippen LogP contribution in [0.1, 0.15) is 76.9 Å². The van der Waals surface area contributed by atoms with Crippen LogP contribution in [0, 0.1) is 11.8 Å². The van der Waals surface area contributed by atoms with Crippen LogP contribution in [0.25, 0.3) is 0 Å². The summed E-state index contributed by atoms with van der Waals surface area (Å²) in [4.78, 5) is 26.3. The van der Waals surface area contributed by atoms with E-state index in [4.69, 9.17) is 4.74 Å². The van der Waals surface area contributed by atoms with Crippen molar-refractivity contribution in [3.8, 4) is 0 Å². The highest BCUT2D eigenvalue weighted by atomic mass is 16.5. The van der Waals surface area contributed by atoms with Crippen molar-refractivity contribution in [3.05, 3.63) is 29.8 Å². The summed E-state index contributed by atoms with van der Waals surface area (Å²) in [6, 6.07) is 8.47. The van der Waals surface area contributed by atoms with E-state index in [9.17, 15) is 9.59 Å². The summed E-state index contributed by atoms with van der Waals surface area (Å²) in [7, 11) is 0. The normalized spacial score (nSPS) is 29.8. The van der Waals surface area contributed by atoms with E-state index in [2.05, 4.69) is 31.3 Å². The zero-order valence-electron chi connectivity index (χ0n) is 17.7. The Balaban J connectivity index is 1.48. The maximum Gasteiger partial charge on any atom is 0.227 e. The van der Waals surface area contributed by atoms with Gasteiger partial charge in [-0.05, 0) is 49.3 Å². The van der Waals surface area contributed by atoms with Crippen LogP contribution >= 0.6 is 0 Å². The topological polar surface area (TPSA) is 58.6 Å². The maximum absolute atomic E-state index is 12.5. The number of hydrogen-bond donors (Lipinski definition) is 1. The standard InChI is InChI=1S/C24H34N2O3/c1-16(2)14-23(27)25-20-15-22(29-21-7-4-3-6-19(20)21)17-9-11-18(12-10-17)26-13-5-8-24(26)28/h9-12,16,19-22H,3-8,13-15H2,1-2H3,(H,25,27)/t19-,20+,21+,22+/m0/s1. The molecule has 29 heavy (non-hydrogen) atoms. The summed E-state index contributed by atoms with van der Waals surface area (Å²) in [5, 5.41) is 3.34. The number of hydrogen-bond acceptors (Lipinski definition) is 3. The van der Waals surface area contributed by atoms with Crippen molar-refractivity contribution in [2.45, 2.75) is 83.5 Å². The van der Waals surface area contributed by atoms with Gasteiger partial charge in [-0.15, -0.1) is 0 Å². The maximum atomic E-state index is 12.5. The highest BCUT2D eigenvalue weighted by Crippen LogP contribution is 2.41. The van der Waals surface area contributed by atoms with Crippen molar-refractivity contribution in [1.29, 1.82) is 0 Å². The molecule has 4 rings (SSSR count). The number of rotatable bonds is 5. The third kappa shape index (κ3) is 4.66. The second kappa shape index (κ2) is 8.86. The van der Waals surface area contributed by atoms with Gasteiger partial charge in [0.15, 0.2) is 0 Å². The average Bonchev–Trinajstić information content (AvgIpc) is 3.13. The number of carbonyl (C=O) groups is 2. The Morgan fingerprint density at radius 3 is 2.62 bits per heavy atom. The number of nitrogens with one attached hydrogen (secondary N) is 1. The predicted molar refractivity (Wildman–Crippen MR) is 114 cm³/mol. The van der Waals surface area contributed by atoms with Gasteiger partial charge >= 0.3 is 0 Å². The van der Waals surface area contributed by atoms with Crippen LogP contribution in [0.2, 0.25) is 0 Å². The molecular formula is C24H34N2O3. The molecule has 158 valence electrons. The average molecular weight is 399 g/mol. The smallest absolute Gasteiger partial charge is 0.227 e. The number of carbonyl (C=O) groups excluding carboxylic acids is 2. The van der Waals surface area contributed by atoms with Gasteiger partial charge in [-0.2, -0.15) is 0 Å². The van der Waals surface area contributed by atoms with E-state index in [0.717, 1.165) is 43.5 Å². The second-order valence-corrected chi connectivity index (χ2v) is 9.36. The Kier molecular flexibility index (Phi) is 6.23. The van der Waals surface area contributed by atoms with Crippen LogP contribution < -0.4 is 10.2 Å². The van der Waals surface area contributed by atoms with E-state index in [1.54, 1.807) is 0 Å². The molecule has 0 unspecified atom stereocenters. The van der Waals surface area contributed by atoms with E-state index in [0.29, 0.717) is 24.7 Å². The van der Waals surface area contributed by atoms with E-state index in [1.807, 2.05) is 17.0 Å². The van der Waals surface area contributed by atoms with Gasteiger partial charge in [0.2, 0.25) is 11.8 Å². The number of fused-ring (bicyclic) bond motifs is 1. The Bertz CT molecular complexity index is 730. The van der Waals surface area contributed by atoms with Gasteiger partial charge in [0, 0.05) is 37.0 Å². The number of nitrogens with zero attached hydrogens (tertiary/aromatic N) is 1. The van der Waals surface area contributed by atoms with Gasteiger partial charge in [0.25, 0.3) is 0 Å². The van der Waals surface area contributed by atoms with Gasteiger partial charge in [0.05, 0.1) is 12.2 Å². The Labute approximate surface area is 174 Å². The molecule has 4 atom stereocenters. The Hall–Kier alpha value is -1.88. The zero-order chi connectivity index (χ0) is 20.4. The van der Waals surface area contributed by atoms with Gasteiger partial charge in [0.1, 0.15) is 0 Å². The SMILES string of the molecule is CC(C)CC(=O)N[C@@H]1C[C@H](c2ccc(N3CCCC3=O)cc2)O[C@@H]2CCCC[C@@H]12. The van der Waals surface area contributed by atoms with Crippen LogP contribution in [-0.2, 0) is 14.3 Å². The molecule has 2 heterocycles. The number of benzene rings is 1. The van der Waals surface area contributed by atoms with E-state index < -0.39 is 0 Å². The van der Waals surface area contributed by atoms with Crippen molar-refractivity contribution in [2.75, 3.05) is 11.4 Å². The summed E-state index contributed by atoms with van der Waals surface area (Å²) in [5.74, 6) is 1.17. The molecule has 1 aromatic carbocycles. The third-order valence-corrected chi connectivity index (χ3v) is 6.67. The minimum absolute atomic E-state index is 0.00188. The predicted octanol–water partition coefficient (Wildman–Crippen LogP) is 4.36. The Morgan fingerprint density at radius 1 is 1.17 bits per heavy atom. The molecule has 0 aromatic heterocycles. The quantitative estimate of drug-likeness (QED) is 0.801. The highest BCUT2D eigenvalue weighted by Gasteiger charge is 2.41. The van der Waals surface area contributed by atoms with Gasteiger partial charge in [-0.1, -0.05) is 38.8 Å². The first-order valence-electron chi connectivity index (χ1n) is 11.4. The lowest BCUT2D eigenvalue weighted by Crippen LogP contribution is -2.51. The van der Waals surface area contributed by atoms with Crippen molar-refractivity contribution >= 4 is 17.5 Å². The molecule has 2 aliphatic heterocycles. The summed E-state index contributed by atoms with van der Waals surface area (Å²) in [5.41, 5.74) is 2.12. The lowest BCUT2D eigenvalue weighted by molar-refractivity contribution is -0.133. The number of amides is 2. The number of ether oxygens (including phenoxy) is 1. The van der Waals surface area contributed by atoms with Gasteiger partial charge in [-0.25, -0.2) is 0 Å². The molecule has 1 aromatic rings. The van der Waals surface area contributed by atoms with Crippen molar-refractivity contribution in [2.24, 2.45) is 11.8 Å². The molecule has 0 spiro atoms. The van der Waals surface area contributed by atoms with E-state index >= 15 is 0 Å². The Morgan fingerprint density at radius 2 is 1.93 bits per heavy atom. The van der Waals surface area contributed by atoms with Crippen LogP contribution in [0.4, 0.5) is 5.69 Å². The van der Waals surface area contributed by atoms with Gasteiger partial charge < -0.3 is 15.0 Å². The molecule has 1 aliphatic carbocycles. The molecule has 1 saturated carbocycles. The summed E-state index contributed by atoms with van der Waals surface area (Å²) >= 11 is 0. The molecule has 0 radical (unpaired) electrons. The van der Waals surface area contributed by atoms with Crippen molar-refractivity contribution in [1.82, 2.24) is 5.32 Å². The fourth-order valence-electron chi connectivity index (χ4n) is 5.23. The molecule has 3 fully saturated rings. The summed E-state index contributed by atoms with van der Waals surface area (Å²) < 4.78 is 6.52. The first-order chi connectivity index (χ1) is 14.0. The van der Waals surface area contributed by atoms with E-state index in [-0.39, 0.29) is 30.1 Å². The first kappa shape index (κ1) is 20.4. The summed E-state index contributed by atoms with van der Waals surface area (Å²) in [6.07, 6.45) is 7.87. The minimum atomic E-state index is 0.00188. The lowest BCUT2D eigenvalue weighted by Gasteiger charge is -2.45. The van der Waals surface area contributed by atoms with E-state index in [1.165, 1.54) is 12.8 Å². The summed E-state index contributed by atoms with van der Waals surface area (Å²) in [6.45, 7) is 4.98. The zero-order valence-corrected chi connectivity index (χ0v) is 17.7. The van der Waals surface area contributed by atoms with Crippen LogP contribution in [0.15, 0.2) is 24.3 Å². The van der Waals surface area contributed by atoms with Crippen LogP contribution in [0.3, 0.4) is 0 Å². The van der Waals surface area contributed by atoms with Crippen LogP contribution in [-0.4, -0.2) is 30.5 Å². The lowest BCUT2D eigenvalue weighted by atomic mass is 9.76. The van der Waals surface area contributed by atoms with Gasteiger partial charge in [-0.3, -0.25) is 9.59 Å². The second-order valence-electron chi connectivity index (χ2n) is 9.36. The molecule has 1 N–H and O–H groups in total. The molecule has 5 heteroatoms. The molecule has 3 aliphatic rings. The molecule has 2 amide bonds. The van der Waals surface area contributed by atoms with Crippen molar-refractivity contribution in [3.63, 3.8) is 0 Å². The molecular weight excluding hydrogens is 364 g/mol. The molecule has 2 saturated heterocycles.